The van der Waals surface area contributed by atoms with Crippen LogP contribution in [0.5, 0.6) is 23.0 Å². The lowest BCUT2D eigenvalue weighted by Gasteiger charge is -2.35. The van der Waals surface area contributed by atoms with E-state index in [1.54, 1.807) is 12.1 Å². The molecule has 0 fully saturated rings. The van der Waals surface area contributed by atoms with Crippen molar-refractivity contribution < 1.29 is 37.0 Å². The molecular formula is C39H47N3O8S. The minimum absolute atomic E-state index is 0.0354. The van der Waals surface area contributed by atoms with Gasteiger partial charge in [0.25, 0.3) is 10.0 Å². The molecule has 0 spiro atoms. The van der Waals surface area contributed by atoms with Crippen LogP contribution in [-0.4, -0.2) is 71.7 Å². The predicted octanol–water partition coefficient (Wildman–Crippen LogP) is 5.78. The van der Waals surface area contributed by atoms with Gasteiger partial charge in [0.05, 0.1) is 39.0 Å². The van der Waals surface area contributed by atoms with E-state index in [-0.39, 0.29) is 41.0 Å². The number of carbonyl (C=O) groups is 2. The quantitative estimate of drug-likeness (QED) is 0.164. The molecular weight excluding hydrogens is 671 g/mol. The Morgan fingerprint density at radius 2 is 1.37 bits per heavy atom. The second-order valence-electron chi connectivity index (χ2n) is 13.0. The van der Waals surface area contributed by atoms with Gasteiger partial charge in [0.2, 0.25) is 11.8 Å². The minimum atomic E-state index is -4.50. The van der Waals surface area contributed by atoms with Gasteiger partial charge < -0.3 is 29.2 Å². The number of anilines is 1. The molecule has 0 radical (unpaired) electrons. The minimum Gasteiger partial charge on any atom is -0.497 e. The number of hydrogen-bond donors (Lipinski definition) is 1. The summed E-state index contributed by atoms with van der Waals surface area (Å²) in [6.07, 6.45) is 0.186. The standard InChI is InChI=1S/C39H47N3O8S/c1-27-14-16-29(17-15-27)25-41(33(38(44)40-39(2,3)4)22-28-12-10-9-11-13-28)37(43)26-42(32-23-30(47-5)18-20-34(32)48-6)51(45,46)31-19-21-35(49-7)36(24-31)50-8/h9-21,23-24,33H,22,25-26H2,1-8H3,(H,40,44). The van der Waals surface area contributed by atoms with Gasteiger partial charge in [-0.25, -0.2) is 8.42 Å². The zero-order valence-corrected chi connectivity index (χ0v) is 31.2. The molecule has 4 rings (SSSR count). The molecule has 0 aromatic heterocycles. The summed E-state index contributed by atoms with van der Waals surface area (Å²) < 4.78 is 52.2. The second-order valence-corrected chi connectivity index (χ2v) is 14.9. The Bertz CT molecular complexity index is 1910. The summed E-state index contributed by atoms with van der Waals surface area (Å²) in [5, 5.41) is 3.04. The van der Waals surface area contributed by atoms with E-state index < -0.39 is 34.1 Å². The van der Waals surface area contributed by atoms with Gasteiger partial charge in [-0.3, -0.25) is 13.9 Å². The van der Waals surface area contributed by atoms with Crippen LogP contribution in [0.3, 0.4) is 0 Å². The first-order chi connectivity index (χ1) is 24.2. The lowest BCUT2D eigenvalue weighted by atomic mass is 10.0. The molecule has 1 unspecified atom stereocenters. The van der Waals surface area contributed by atoms with Crippen LogP contribution >= 0.6 is 0 Å². The van der Waals surface area contributed by atoms with E-state index in [1.807, 2.05) is 82.3 Å². The van der Waals surface area contributed by atoms with E-state index in [1.165, 1.54) is 57.6 Å². The number of aryl methyl sites for hydroxylation is 1. The molecule has 2 amide bonds. The van der Waals surface area contributed by atoms with Gasteiger partial charge in [0.15, 0.2) is 11.5 Å². The molecule has 0 bridgehead atoms. The lowest BCUT2D eigenvalue weighted by molar-refractivity contribution is -0.140. The molecule has 12 heteroatoms. The molecule has 4 aromatic carbocycles. The van der Waals surface area contributed by atoms with Gasteiger partial charge in [-0.2, -0.15) is 0 Å². The number of nitrogens with zero attached hydrogens (tertiary/aromatic N) is 2. The van der Waals surface area contributed by atoms with E-state index in [9.17, 15) is 18.0 Å². The first-order valence-electron chi connectivity index (χ1n) is 16.4. The molecule has 0 heterocycles. The summed E-state index contributed by atoms with van der Waals surface area (Å²) in [5.74, 6) is 0.0496. The maximum absolute atomic E-state index is 14.9. The van der Waals surface area contributed by atoms with E-state index in [4.69, 9.17) is 18.9 Å². The molecule has 0 saturated heterocycles. The average Bonchev–Trinajstić information content (AvgIpc) is 3.11. The fourth-order valence-electron chi connectivity index (χ4n) is 5.51. The Morgan fingerprint density at radius 1 is 0.745 bits per heavy atom. The van der Waals surface area contributed by atoms with Gasteiger partial charge >= 0.3 is 0 Å². The van der Waals surface area contributed by atoms with Crippen LogP contribution in [-0.2, 0) is 32.6 Å². The summed E-state index contributed by atoms with van der Waals surface area (Å²) >= 11 is 0. The smallest absolute Gasteiger partial charge is 0.265 e. The van der Waals surface area contributed by atoms with Crippen LogP contribution in [0.1, 0.15) is 37.5 Å². The monoisotopic (exact) mass is 717 g/mol. The molecule has 0 aliphatic rings. The van der Waals surface area contributed by atoms with E-state index in [2.05, 4.69) is 5.32 Å². The molecule has 0 aliphatic carbocycles. The van der Waals surface area contributed by atoms with Crippen LogP contribution < -0.4 is 28.6 Å². The first kappa shape index (κ1) is 38.6. The largest absolute Gasteiger partial charge is 0.497 e. The van der Waals surface area contributed by atoms with Crippen LogP contribution in [0.25, 0.3) is 0 Å². The molecule has 272 valence electrons. The number of benzene rings is 4. The number of carbonyl (C=O) groups excluding carboxylic acids is 2. The van der Waals surface area contributed by atoms with Crippen molar-refractivity contribution in [1.29, 1.82) is 0 Å². The third kappa shape index (κ3) is 9.72. The van der Waals surface area contributed by atoms with Crippen LogP contribution in [0.2, 0.25) is 0 Å². The second kappa shape index (κ2) is 16.7. The summed E-state index contributed by atoms with van der Waals surface area (Å²) in [5.41, 5.74) is 2.08. The Kier molecular flexibility index (Phi) is 12.6. The Morgan fingerprint density at radius 3 is 1.96 bits per heavy atom. The van der Waals surface area contributed by atoms with E-state index >= 15 is 0 Å². The summed E-state index contributed by atoms with van der Waals surface area (Å²) in [6, 6.07) is 24.9. The Hall–Kier alpha value is -5.23. The number of ether oxygens (including phenoxy) is 4. The van der Waals surface area contributed by atoms with Crippen LogP contribution in [0.15, 0.2) is 95.9 Å². The molecule has 0 aliphatic heterocycles. The highest BCUT2D eigenvalue weighted by Crippen LogP contribution is 2.38. The third-order valence-corrected chi connectivity index (χ3v) is 9.88. The molecule has 1 N–H and O–H groups in total. The topological polar surface area (TPSA) is 124 Å². The lowest BCUT2D eigenvalue weighted by Crippen LogP contribution is -2.56. The van der Waals surface area contributed by atoms with Crippen molar-refractivity contribution in [3.8, 4) is 23.0 Å². The van der Waals surface area contributed by atoms with Crippen LogP contribution in [0, 0.1) is 6.92 Å². The summed E-state index contributed by atoms with van der Waals surface area (Å²) in [6.45, 7) is 6.91. The van der Waals surface area contributed by atoms with Crippen molar-refractivity contribution in [3.63, 3.8) is 0 Å². The number of rotatable bonds is 15. The van der Waals surface area contributed by atoms with Crippen molar-refractivity contribution >= 4 is 27.5 Å². The van der Waals surface area contributed by atoms with Gasteiger partial charge in [-0.05, 0) is 63.1 Å². The number of hydrogen-bond acceptors (Lipinski definition) is 8. The highest BCUT2D eigenvalue weighted by molar-refractivity contribution is 7.92. The SMILES string of the molecule is COc1ccc(OC)c(N(CC(=O)N(Cc2ccc(C)cc2)C(Cc2ccccc2)C(=O)NC(C)(C)C)S(=O)(=O)c2ccc(OC)c(OC)c2)c1. The third-order valence-electron chi connectivity index (χ3n) is 8.12. The zero-order chi connectivity index (χ0) is 37.3. The fraction of sp³-hybridized carbons (Fsp3) is 0.333. The van der Waals surface area contributed by atoms with Crippen molar-refractivity contribution in [3.05, 3.63) is 108 Å². The van der Waals surface area contributed by atoms with Crippen molar-refractivity contribution in [2.24, 2.45) is 0 Å². The molecule has 11 nitrogen and oxygen atoms in total. The summed E-state index contributed by atoms with van der Waals surface area (Å²) in [7, 11) is 1.21. The van der Waals surface area contributed by atoms with Gasteiger partial charge in [-0.15, -0.1) is 0 Å². The first-order valence-corrected chi connectivity index (χ1v) is 17.8. The molecule has 0 saturated carbocycles. The number of sulfonamides is 1. The Balaban J connectivity index is 1.91. The normalized spacial score (nSPS) is 12.0. The van der Waals surface area contributed by atoms with E-state index in [0.717, 1.165) is 21.0 Å². The van der Waals surface area contributed by atoms with Crippen LogP contribution in [0.4, 0.5) is 5.69 Å². The highest BCUT2D eigenvalue weighted by Gasteiger charge is 2.37. The van der Waals surface area contributed by atoms with Crippen molar-refractivity contribution in [2.45, 2.75) is 57.1 Å². The fourth-order valence-corrected chi connectivity index (χ4v) is 6.94. The maximum Gasteiger partial charge on any atom is 0.265 e. The Labute approximate surface area is 301 Å². The highest BCUT2D eigenvalue weighted by atomic mass is 32.2. The predicted molar refractivity (Wildman–Crippen MR) is 197 cm³/mol. The number of methoxy groups -OCH3 is 4. The molecule has 51 heavy (non-hydrogen) atoms. The molecule has 1 atom stereocenters. The van der Waals surface area contributed by atoms with Gasteiger partial charge in [-0.1, -0.05) is 60.2 Å². The van der Waals surface area contributed by atoms with Gasteiger partial charge in [0, 0.05) is 30.6 Å². The molecule has 4 aromatic rings. The maximum atomic E-state index is 14.9. The van der Waals surface area contributed by atoms with Crippen molar-refractivity contribution in [1.82, 2.24) is 10.2 Å². The van der Waals surface area contributed by atoms with Gasteiger partial charge in [0.1, 0.15) is 24.1 Å². The zero-order valence-electron chi connectivity index (χ0n) is 30.4. The van der Waals surface area contributed by atoms with E-state index in [0.29, 0.717) is 11.5 Å². The average molecular weight is 718 g/mol. The van der Waals surface area contributed by atoms with Crippen molar-refractivity contribution in [2.75, 3.05) is 39.3 Å². The number of amides is 2. The number of nitrogens with one attached hydrogen (secondary N) is 1. The summed E-state index contributed by atoms with van der Waals surface area (Å²) in [4.78, 5) is 30.3.